The van der Waals surface area contributed by atoms with Crippen molar-refractivity contribution >= 4 is 36.7 Å². The van der Waals surface area contributed by atoms with Crippen LogP contribution in [0.2, 0.25) is 0 Å². The van der Waals surface area contributed by atoms with E-state index in [-0.39, 0.29) is 37.1 Å². The minimum absolute atomic E-state index is 0. The Balaban J connectivity index is 0. The van der Waals surface area contributed by atoms with Gasteiger partial charge in [-0.05, 0) is 25.3 Å². The summed E-state index contributed by atoms with van der Waals surface area (Å²) in [6.07, 6.45) is 1.40. The molecule has 0 bridgehead atoms. The Kier molecular flexibility index (Phi) is 13.7. The summed E-state index contributed by atoms with van der Waals surface area (Å²) in [5, 5.41) is 0. The highest BCUT2D eigenvalue weighted by Crippen LogP contribution is 2.05. The average molecular weight is 365 g/mol. The molecule has 0 saturated heterocycles. The maximum atomic E-state index is 12.1. The van der Waals surface area contributed by atoms with E-state index >= 15 is 0 Å². The average Bonchev–Trinajstić information content (AvgIpc) is 2.53. The second-order valence-corrected chi connectivity index (χ2v) is 4.88. The molecule has 0 aromatic heterocycles. The number of hydrogen-bond acceptors (Lipinski definition) is 4. The van der Waals surface area contributed by atoms with Crippen LogP contribution in [0.5, 0.6) is 0 Å². The summed E-state index contributed by atoms with van der Waals surface area (Å²) in [5.74, 6) is -0.456. The van der Waals surface area contributed by atoms with Crippen molar-refractivity contribution in [2.45, 2.75) is 32.2 Å². The monoisotopic (exact) mass is 364 g/mol. The van der Waals surface area contributed by atoms with E-state index < -0.39 is 12.0 Å². The van der Waals surface area contributed by atoms with Gasteiger partial charge in [-0.2, -0.15) is 0 Å². The van der Waals surface area contributed by atoms with Crippen LogP contribution in [0.1, 0.15) is 25.3 Å². The van der Waals surface area contributed by atoms with Crippen molar-refractivity contribution in [1.29, 1.82) is 0 Å². The van der Waals surface area contributed by atoms with Crippen LogP contribution in [0.4, 0.5) is 0 Å². The Morgan fingerprint density at radius 1 is 1.22 bits per heavy atom. The summed E-state index contributed by atoms with van der Waals surface area (Å²) in [6.45, 7) is 3.27. The highest BCUT2D eigenvalue weighted by atomic mass is 35.5. The van der Waals surface area contributed by atoms with Crippen LogP contribution in [0.15, 0.2) is 30.3 Å². The number of carbonyl (C=O) groups is 2. The van der Waals surface area contributed by atoms with Gasteiger partial charge in [-0.3, -0.25) is 9.59 Å². The molecular weight excluding hydrogens is 339 g/mol. The number of amides is 1. The lowest BCUT2D eigenvalue weighted by Crippen LogP contribution is -2.36. The van der Waals surface area contributed by atoms with Gasteiger partial charge < -0.3 is 15.4 Å². The third-order valence-electron chi connectivity index (χ3n) is 3.42. The Morgan fingerprint density at radius 3 is 2.35 bits per heavy atom. The number of benzene rings is 1. The molecule has 5 nitrogen and oxygen atoms in total. The van der Waals surface area contributed by atoms with Crippen LogP contribution >= 0.6 is 24.8 Å². The second-order valence-electron chi connectivity index (χ2n) is 4.88. The molecule has 1 atom stereocenters. The summed E-state index contributed by atoms with van der Waals surface area (Å²) in [5.41, 5.74) is 6.84. The number of methoxy groups -OCH3 is 1. The molecule has 7 heteroatoms. The molecule has 132 valence electrons. The first-order valence-electron chi connectivity index (χ1n) is 7.23. The molecule has 0 aliphatic rings. The predicted molar refractivity (Wildman–Crippen MR) is 96.1 cm³/mol. The number of nitrogens with two attached hydrogens (primary N) is 1. The number of ether oxygens (including phenoxy) is 1. The van der Waals surface area contributed by atoms with Gasteiger partial charge in [-0.1, -0.05) is 30.3 Å². The first kappa shape index (κ1) is 24.0. The van der Waals surface area contributed by atoms with Gasteiger partial charge in [-0.25, -0.2) is 0 Å². The van der Waals surface area contributed by atoms with E-state index in [0.29, 0.717) is 19.5 Å². The van der Waals surface area contributed by atoms with Crippen molar-refractivity contribution in [3.63, 3.8) is 0 Å². The number of nitrogens with zero attached hydrogens (tertiary/aromatic N) is 1. The fraction of sp³-hybridized carbons (Fsp3) is 0.500. The SMILES string of the molecule is CCN(CCc1ccccc1)C(=O)CC[C@H](N)C(=O)OC.Cl.Cl. The van der Waals surface area contributed by atoms with E-state index in [1.807, 2.05) is 37.3 Å². The molecule has 0 aliphatic carbocycles. The number of esters is 1. The molecule has 0 radical (unpaired) electrons. The van der Waals surface area contributed by atoms with Crippen LogP contribution < -0.4 is 5.73 Å². The van der Waals surface area contributed by atoms with Crippen LogP contribution in [-0.4, -0.2) is 43.0 Å². The zero-order chi connectivity index (χ0) is 15.7. The van der Waals surface area contributed by atoms with E-state index in [1.165, 1.54) is 12.7 Å². The number of carbonyl (C=O) groups excluding carboxylic acids is 2. The van der Waals surface area contributed by atoms with Crippen LogP contribution in [0, 0.1) is 0 Å². The Labute approximate surface area is 150 Å². The van der Waals surface area contributed by atoms with E-state index in [9.17, 15) is 9.59 Å². The molecule has 0 saturated carbocycles. The quantitative estimate of drug-likeness (QED) is 0.717. The number of hydrogen-bond donors (Lipinski definition) is 1. The van der Waals surface area contributed by atoms with Gasteiger partial charge in [0.2, 0.25) is 5.91 Å². The maximum absolute atomic E-state index is 12.1. The Hall–Kier alpha value is -1.30. The third-order valence-corrected chi connectivity index (χ3v) is 3.42. The van der Waals surface area contributed by atoms with E-state index in [1.54, 1.807) is 4.90 Å². The second kappa shape index (κ2) is 13.2. The number of likely N-dealkylation sites (N-methyl/N-ethyl adjacent to an activating group) is 1. The van der Waals surface area contributed by atoms with Gasteiger partial charge in [-0.15, -0.1) is 24.8 Å². The molecule has 2 N–H and O–H groups in total. The van der Waals surface area contributed by atoms with Crippen molar-refractivity contribution in [2.24, 2.45) is 5.73 Å². The molecule has 1 amide bonds. The fourth-order valence-electron chi connectivity index (χ4n) is 2.07. The van der Waals surface area contributed by atoms with E-state index in [0.717, 1.165) is 6.42 Å². The predicted octanol–water partition coefficient (Wildman–Crippen LogP) is 2.20. The van der Waals surface area contributed by atoms with Gasteiger partial charge in [0.05, 0.1) is 7.11 Å². The maximum Gasteiger partial charge on any atom is 0.322 e. The molecule has 0 spiro atoms. The zero-order valence-electron chi connectivity index (χ0n) is 13.6. The molecule has 23 heavy (non-hydrogen) atoms. The highest BCUT2D eigenvalue weighted by Gasteiger charge is 2.18. The molecule has 1 aromatic carbocycles. The molecule has 1 rings (SSSR count). The van der Waals surface area contributed by atoms with Gasteiger partial charge in [0.25, 0.3) is 0 Å². The minimum Gasteiger partial charge on any atom is -0.468 e. The summed E-state index contributed by atoms with van der Waals surface area (Å²) in [4.78, 5) is 25.1. The fourth-order valence-corrected chi connectivity index (χ4v) is 2.07. The largest absolute Gasteiger partial charge is 0.468 e. The molecule has 0 unspecified atom stereocenters. The van der Waals surface area contributed by atoms with E-state index in [2.05, 4.69) is 4.74 Å². The molecule has 1 aromatic rings. The first-order valence-corrected chi connectivity index (χ1v) is 7.23. The van der Waals surface area contributed by atoms with Gasteiger partial charge in [0.1, 0.15) is 6.04 Å². The minimum atomic E-state index is -0.730. The van der Waals surface area contributed by atoms with Gasteiger partial charge >= 0.3 is 5.97 Å². The van der Waals surface area contributed by atoms with Crippen molar-refractivity contribution in [1.82, 2.24) is 4.90 Å². The summed E-state index contributed by atoms with van der Waals surface area (Å²) in [6, 6.07) is 9.31. The first-order chi connectivity index (χ1) is 10.1. The molecule has 0 fully saturated rings. The van der Waals surface area contributed by atoms with Crippen LogP contribution in [0.3, 0.4) is 0 Å². The lowest BCUT2D eigenvalue weighted by atomic mass is 10.1. The summed E-state index contributed by atoms with van der Waals surface area (Å²) >= 11 is 0. The molecule has 0 aliphatic heterocycles. The smallest absolute Gasteiger partial charge is 0.322 e. The highest BCUT2D eigenvalue weighted by molar-refractivity contribution is 5.85. The Bertz CT molecular complexity index is 458. The van der Waals surface area contributed by atoms with Crippen molar-refractivity contribution in [3.05, 3.63) is 35.9 Å². The van der Waals surface area contributed by atoms with Crippen molar-refractivity contribution in [3.8, 4) is 0 Å². The lowest BCUT2D eigenvalue weighted by Gasteiger charge is -2.21. The topological polar surface area (TPSA) is 72.6 Å². The Morgan fingerprint density at radius 2 is 1.83 bits per heavy atom. The number of rotatable bonds is 8. The van der Waals surface area contributed by atoms with E-state index in [4.69, 9.17) is 5.73 Å². The molecular formula is C16H26Cl2N2O3. The zero-order valence-corrected chi connectivity index (χ0v) is 15.2. The van der Waals surface area contributed by atoms with Crippen LogP contribution in [-0.2, 0) is 20.7 Å². The number of halogens is 2. The summed E-state index contributed by atoms with van der Waals surface area (Å²) < 4.78 is 4.55. The standard InChI is InChI=1S/C16H24N2O3.2ClH/c1-3-18(12-11-13-7-5-4-6-8-13)15(19)10-9-14(17)16(20)21-2;;/h4-8,14H,3,9-12,17H2,1-2H3;2*1H/t14-;;/m0../s1. The summed E-state index contributed by atoms with van der Waals surface area (Å²) in [7, 11) is 1.29. The third kappa shape index (κ3) is 8.79. The van der Waals surface area contributed by atoms with Crippen LogP contribution in [0.25, 0.3) is 0 Å². The van der Waals surface area contributed by atoms with Crippen molar-refractivity contribution < 1.29 is 14.3 Å². The van der Waals surface area contributed by atoms with Crippen molar-refractivity contribution in [2.75, 3.05) is 20.2 Å². The lowest BCUT2D eigenvalue weighted by molar-refractivity contribution is -0.142. The van der Waals surface area contributed by atoms with Gasteiger partial charge in [0, 0.05) is 19.5 Å². The molecule has 0 heterocycles. The normalized spacial score (nSPS) is 10.7. The van der Waals surface area contributed by atoms with Gasteiger partial charge in [0.15, 0.2) is 0 Å².